The highest BCUT2D eigenvalue weighted by molar-refractivity contribution is 7.71. The van der Waals surface area contributed by atoms with Crippen LogP contribution in [0.1, 0.15) is 23.1 Å². The van der Waals surface area contributed by atoms with Gasteiger partial charge in [0.05, 0.1) is 6.61 Å². The zero-order valence-electron chi connectivity index (χ0n) is 11.9. The van der Waals surface area contributed by atoms with Gasteiger partial charge in [0, 0.05) is 5.69 Å². The third-order valence-electron chi connectivity index (χ3n) is 3.94. The van der Waals surface area contributed by atoms with E-state index < -0.39 is 0 Å². The molecule has 2 heterocycles. The van der Waals surface area contributed by atoms with Crippen LogP contribution in [0, 0.1) is 4.77 Å². The Balaban J connectivity index is 1.88. The summed E-state index contributed by atoms with van der Waals surface area (Å²) in [5.74, 6) is 0.795. The Hall–Kier alpha value is -2.24. The van der Waals surface area contributed by atoms with E-state index in [1.54, 1.807) is 0 Å². The van der Waals surface area contributed by atoms with Gasteiger partial charge in [0.25, 0.3) is 0 Å². The topological polar surface area (TPSA) is 42.8 Å². The highest BCUT2D eigenvalue weighted by atomic mass is 32.1. The molecule has 0 saturated heterocycles. The van der Waals surface area contributed by atoms with Crippen LogP contribution >= 0.6 is 12.2 Å². The summed E-state index contributed by atoms with van der Waals surface area (Å²) in [5.41, 5.74) is 3.47. The number of fused-ring (bicyclic) bond motifs is 1. The number of benzene rings is 2. The Morgan fingerprint density at radius 2 is 1.86 bits per heavy atom. The van der Waals surface area contributed by atoms with E-state index in [0.717, 1.165) is 17.9 Å². The molecule has 0 aliphatic carbocycles. The molecule has 1 N–H and O–H groups in total. The van der Waals surface area contributed by atoms with Crippen molar-refractivity contribution < 1.29 is 4.74 Å². The third kappa shape index (κ3) is 2.19. The molecular weight excluding hydrogens is 294 g/mol. The normalized spacial score (nSPS) is 17.2. The van der Waals surface area contributed by atoms with Crippen molar-refractivity contribution in [2.45, 2.75) is 12.5 Å². The first-order valence-corrected chi connectivity index (χ1v) is 7.67. The minimum absolute atomic E-state index is 0.196. The summed E-state index contributed by atoms with van der Waals surface area (Å²) < 4.78 is 8.54. The highest BCUT2D eigenvalue weighted by Gasteiger charge is 2.27. The minimum atomic E-state index is -0.196. The fourth-order valence-corrected chi connectivity index (χ4v) is 3.16. The molecule has 0 saturated carbocycles. The summed E-state index contributed by atoms with van der Waals surface area (Å²) in [5, 5.41) is 7.34. The Kier molecular flexibility index (Phi) is 3.36. The van der Waals surface area contributed by atoms with Crippen LogP contribution in [0.2, 0.25) is 0 Å². The van der Waals surface area contributed by atoms with E-state index in [-0.39, 0.29) is 6.10 Å². The molecule has 110 valence electrons. The van der Waals surface area contributed by atoms with Crippen LogP contribution in [0.3, 0.4) is 0 Å². The molecule has 22 heavy (non-hydrogen) atoms. The molecule has 5 heteroatoms. The van der Waals surface area contributed by atoms with Crippen molar-refractivity contribution in [1.29, 1.82) is 0 Å². The molecule has 0 bridgehead atoms. The predicted molar refractivity (Wildman–Crippen MR) is 86.7 cm³/mol. The van der Waals surface area contributed by atoms with E-state index in [2.05, 4.69) is 28.4 Å². The van der Waals surface area contributed by atoms with E-state index in [1.807, 2.05) is 41.0 Å². The molecule has 0 amide bonds. The molecule has 1 aliphatic rings. The molecule has 3 aromatic rings. The first kappa shape index (κ1) is 13.4. The number of nitrogens with one attached hydrogen (secondary N) is 1. The van der Waals surface area contributed by atoms with Crippen molar-refractivity contribution in [3.05, 3.63) is 76.3 Å². The molecule has 1 aromatic heterocycles. The van der Waals surface area contributed by atoms with E-state index >= 15 is 0 Å². The molecule has 1 atom stereocenters. The first-order valence-electron chi connectivity index (χ1n) is 7.27. The highest BCUT2D eigenvalue weighted by Crippen LogP contribution is 2.32. The summed E-state index contributed by atoms with van der Waals surface area (Å²) >= 11 is 5.41. The average molecular weight is 309 g/mol. The lowest BCUT2D eigenvalue weighted by Gasteiger charge is -2.25. The number of ether oxygens (including phenoxy) is 1. The lowest BCUT2D eigenvalue weighted by atomic mass is 9.97. The van der Waals surface area contributed by atoms with Crippen LogP contribution in [0.25, 0.3) is 5.69 Å². The zero-order chi connectivity index (χ0) is 14.9. The molecule has 0 spiro atoms. The fraction of sp³-hybridized carbons (Fsp3) is 0.176. The lowest BCUT2D eigenvalue weighted by Crippen LogP contribution is -2.20. The van der Waals surface area contributed by atoms with Crippen molar-refractivity contribution in [3.8, 4) is 5.69 Å². The fourth-order valence-electron chi connectivity index (χ4n) is 2.92. The average Bonchev–Trinajstić information content (AvgIpc) is 2.96. The summed E-state index contributed by atoms with van der Waals surface area (Å²) in [6.07, 6.45) is 0.737. The van der Waals surface area contributed by atoms with Crippen molar-refractivity contribution in [2.75, 3.05) is 6.61 Å². The van der Waals surface area contributed by atoms with Crippen LogP contribution in [0.4, 0.5) is 0 Å². The molecule has 2 aromatic carbocycles. The monoisotopic (exact) mass is 309 g/mol. The number of hydrogen-bond donors (Lipinski definition) is 1. The first-order chi connectivity index (χ1) is 10.8. The van der Waals surface area contributed by atoms with Crippen molar-refractivity contribution in [1.82, 2.24) is 14.8 Å². The number of nitrogens with zero attached hydrogens (tertiary/aromatic N) is 2. The standard InChI is InChI=1S/C17H15N3OS/c22-17-19-18-16(20(17)13-7-2-1-3-8-13)15-14-9-5-4-6-12(14)10-11-21-15/h1-9,15H,10-11H2,(H,19,22). The van der Waals surface area contributed by atoms with Gasteiger partial charge < -0.3 is 4.74 Å². The van der Waals surface area contributed by atoms with Crippen LogP contribution < -0.4 is 0 Å². The van der Waals surface area contributed by atoms with Crippen molar-refractivity contribution in [3.63, 3.8) is 0 Å². The van der Waals surface area contributed by atoms with Crippen molar-refractivity contribution in [2.24, 2.45) is 0 Å². The Morgan fingerprint density at radius 1 is 1.09 bits per heavy atom. The largest absolute Gasteiger partial charge is 0.365 e. The second kappa shape index (κ2) is 5.51. The summed E-state index contributed by atoms with van der Waals surface area (Å²) in [6.45, 7) is 0.691. The number of para-hydroxylation sites is 1. The molecule has 4 nitrogen and oxygen atoms in total. The molecule has 4 rings (SSSR count). The van der Waals surface area contributed by atoms with Crippen LogP contribution in [-0.2, 0) is 11.2 Å². The summed E-state index contributed by atoms with van der Waals surface area (Å²) in [7, 11) is 0. The Labute approximate surface area is 133 Å². The SMILES string of the molecule is S=c1[nH]nc(C2OCCc3ccccc32)n1-c1ccccc1. The summed E-state index contributed by atoms with van der Waals surface area (Å²) in [6, 6.07) is 18.4. The van der Waals surface area contributed by atoms with E-state index in [0.29, 0.717) is 11.4 Å². The lowest BCUT2D eigenvalue weighted by molar-refractivity contribution is 0.0628. The van der Waals surface area contributed by atoms with Crippen LogP contribution in [-0.4, -0.2) is 21.4 Å². The number of aromatic nitrogens is 3. The predicted octanol–water partition coefficient (Wildman–Crippen LogP) is 3.59. The van der Waals surface area contributed by atoms with Gasteiger partial charge in [-0.25, -0.2) is 0 Å². The Morgan fingerprint density at radius 3 is 2.73 bits per heavy atom. The summed E-state index contributed by atoms with van der Waals surface area (Å²) in [4.78, 5) is 0. The van der Waals surface area contributed by atoms with Gasteiger partial charge in [-0.2, -0.15) is 5.10 Å². The van der Waals surface area contributed by atoms with Gasteiger partial charge in [-0.05, 0) is 41.9 Å². The second-order valence-corrected chi connectivity index (χ2v) is 5.64. The van der Waals surface area contributed by atoms with E-state index in [9.17, 15) is 0 Å². The zero-order valence-corrected chi connectivity index (χ0v) is 12.7. The van der Waals surface area contributed by atoms with Crippen LogP contribution in [0.5, 0.6) is 0 Å². The molecule has 1 aliphatic heterocycles. The molecule has 0 radical (unpaired) electrons. The maximum Gasteiger partial charge on any atom is 0.199 e. The van der Waals surface area contributed by atoms with E-state index in [4.69, 9.17) is 17.0 Å². The van der Waals surface area contributed by atoms with Gasteiger partial charge in [0.2, 0.25) is 0 Å². The van der Waals surface area contributed by atoms with Gasteiger partial charge in [0.1, 0.15) is 6.10 Å². The number of rotatable bonds is 2. The Bertz CT molecular complexity index is 854. The number of aromatic amines is 1. The van der Waals surface area contributed by atoms with Crippen molar-refractivity contribution >= 4 is 12.2 Å². The molecule has 1 unspecified atom stereocenters. The second-order valence-electron chi connectivity index (χ2n) is 5.26. The smallest absolute Gasteiger partial charge is 0.199 e. The van der Waals surface area contributed by atoms with Gasteiger partial charge in [-0.3, -0.25) is 9.67 Å². The van der Waals surface area contributed by atoms with Gasteiger partial charge >= 0.3 is 0 Å². The number of H-pyrrole nitrogens is 1. The van der Waals surface area contributed by atoms with E-state index in [1.165, 1.54) is 11.1 Å². The minimum Gasteiger partial charge on any atom is -0.365 e. The maximum absolute atomic E-state index is 6.02. The third-order valence-corrected chi connectivity index (χ3v) is 4.21. The molecular formula is C17H15N3OS. The molecule has 0 fully saturated rings. The number of hydrogen-bond acceptors (Lipinski definition) is 3. The van der Waals surface area contributed by atoms with Gasteiger partial charge in [-0.1, -0.05) is 42.5 Å². The quantitative estimate of drug-likeness (QED) is 0.736. The van der Waals surface area contributed by atoms with Gasteiger partial charge in [-0.15, -0.1) is 0 Å². The maximum atomic E-state index is 6.02. The van der Waals surface area contributed by atoms with Crippen LogP contribution in [0.15, 0.2) is 54.6 Å². The van der Waals surface area contributed by atoms with Gasteiger partial charge in [0.15, 0.2) is 10.6 Å².